The van der Waals surface area contributed by atoms with Crippen molar-refractivity contribution in [1.29, 1.82) is 0 Å². The van der Waals surface area contributed by atoms with Crippen LogP contribution in [-0.2, 0) is 11.3 Å². The van der Waals surface area contributed by atoms with Crippen LogP contribution in [-0.4, -0.2) is 86.3 Å². The molecule has 11 heteroatoms. The van der Waals surface area contributed by atoms with Gasteiger partial charge >= 0.3 is 6.03 Å². The van der Waals surface area contributed by atoms with E-state index in [2.05, 4.69) is 49.4 Å². The van der Waals surface area contributed by atoms with Gasteiger partial charge in [-0.15, -0.1) is 0 Å². The summed E-state index contributed by atoms with van der Waals surface area (Å²) >= 11 is 0. The molecule has 11 nitrogen and oxygen atoms in total. The van der Waals surface area contributed by atoms with Gasteiger partial charge in [0.25, 0.3) is 11.8 Å². The molecule has 3 aliphatic heterocycles. The molecule has 5 heterocycles. The van der Waals surface area contributed by atoms with E-state index in [0.29, 0.717) is 6.54 Å². The summed E-state index contributed by atoms with van der Waals surface area (Å²) in [5.41, 5.74) is 3.82. The van der Waals surface area contributed by atoms with Crippen LogP contribution in [0.25, 0.3) is 0 Å². The number of fused-ring (bicyclic) bond motifs is 1. The van der Waals surface area contributed by atoms with E-state index in [1.165, 1.54) is 11.1 Å². The van der Waals surface area contributed by atoms with Crippen molar-refractivity contribution in [3.63, 3.8) is 0 Å². The fraction of sp³-hybridized carbons (Fsp3) is 0.286. The van der Waals surface area contributed by atoms with E-state index in [1.807, 2.05) is 30.9 Å². The smallest absolute Gasteiger partial charge is 0.297 e. The Bertz CT molecular complexity index is 1380. The molecule has 2 fully saturated rings. The molecule has 3 aliphatic rings. The van der Waals surface area contributed by atoms with Crippen molar-refractivity contribution in [2.24, 2.45) is 0 Å². The molecule has 0 saturated carbocycles. The van der Waals surface area contributed by atoms with Crippen LogP contribution in [0.3, 0.4) is 0 Å². The van der Waals surface area contributed by atoms with E-state index in [-0.39, 0.29) is 30.1 Å². The number of nitrogens with zero attached hydrogens (tertiary/aromatic N) is 6. The number of hydrogen-bond acceptors (Lipinski definition) is 8. The van der Waals surface area contributed by atoms with Gasteiger partial charge in [0, 0.05) is 63.9 Å². The van der Waals surface area contributed by atoms with Crippen LogP contribution in [0.4, 0.5) is 4.79 Å². The van der Waals surface area contributed by atoms with E-state index >= 15 is 0 Å². The zero-order valence-electron chi connectivity index (χ0n) is 21.2. The van der Waals surface area contributed by atoms with Gasteiger partial charge in [-0.25, -0.2) is 9.80 Å². The fourth-order valence-electron chi connectivity index (χ4n) is 5.48. The second kappa shape index (κ2) is 10.4. The highest BCUT2D eigenvalue weighted by atomic mass is 16.2. The summed E-state index contributed by atoms with van der Waals surface area (Å²) in [5, 5.41) is 4.00. The number of pyridine rings is 2. The van der Waals surface area contributed by atoms with E-state index in [0.717, 1.165) is 41.8 Å². The number of benzene rings is 1. The Morgan fingerprint density at radius 2 is 1.36 bits per heavy atom. The van der Waals surface area contributed by atoms with Crippen molar-refractivity contribution in [2.45, 2.75) is 19.0 Å². The Balaban J connectivity index is 1.14. The molecule has 198 valence electrons. The highest BCUT2D eigenvalue weighted by Crippen LogP contribution is 2.30. The maximum Gasteiger partial charge on any atom is 0.343 e. The van der Waals surface area contributed by atoms with Crippen LogP contribution in [0.2, 0.25) is 0 Å². The van der Waals surface area contributed by atoms with Gasteiger partial charge in [-0.05, 0) is 53.1 Å². The fourth-order valence-corrected chi connectivity index (χ4v) is 5.48. The quantitative estimate of drug-likeness (QED) is 0.485. The highest BCUT2D eigenvalue weighted by molar-refractivity contribution is 6.22. The highest BCUT2D eigenvalue weighted by Gasteiger charge is 2.43. The van der Waals surface area contributed by atoms with Crippen molar-refractivity contribution in [2.75, 3.05) is 32.7 Å². The third-order valence-corrected chi connectivity index (χ3v) is 7.42. The number of hydrazine groups is 1. The summed E-state index contributed by atoms with van der Waals surface area (Å²) in [6, 6.07) is 12.8. The van der Waals surface area contributed by atoms with Crippen LogP contribution in [0.5, 0.6) is 0 Å². The normalized spacial score (nSPS) is 18.6. The first-order valence-corrected chi connectivity index (χ1v) is 12.9. The number of imide groups is 2. The minimum Gasteiger partial charge on any atom is -0.297 e. The number of rotatable bonds is 6. The minimum absolute atomic E-state index is 0.0206. The molecule has 6 rings (SSSR count). The molecule has 1 aromatic carbocycles. The third kappa shape index (κ3) is 4.77. The zero-order valence-corrected chi connectivity index (χ0v) is 21.2. The number of carbonyl (C=O) groups is 4. The maximum atomic E-state index is 13.1. The molecule has 5 amide bonds. The summed E-state index contributed by atoms with van der Waals surface area (Å²) in [7, 11) is 0. The molecule has 0 bridgehead atoms. The Labute approximate surface area is 225 Å². The van der Waals surface area contributed by atoms with Gasteiger partial charge < -0.3 is 0 Å². The first-order valence-electron chi connectivity index (χ1n) is 12.9. The molecule has 0 radical (unpaired) electrons. The van der Waals surface area contributed by atoms with Crippen molar-refractivity contribution in [1.82, 2.24) is 35.1 Å². The molecule has 0 aliphatic carbocycles. The molecule has 39 heavy (non-hydrogen) atoms. The summed E-state index contributed by atoms with van der Waals surface area (Å²) in [6.07, 6.45) is 7.30. The van der Waals surface area contributed by atoms with Gasteiger partial charge in [0.05, 0.1) is 23.7 Å². The van der Waals surface area contributed by atoms with E-state index in [4.69, 9.17) is 0 Å². The number of urea groups is 1. The van der Waals surface area contributed by atoms with Gasteiger partial charge in [0.15, 0.2) is 0 Å². The van der Waals surface area contributed by atoms with E-state index in [1.54, 1.807) is 12.1 Å². The molecule has 0 spiro atoms. The van der Waals surface area contributed by atoms with Gasteiger partial charge in [0.2, 0.25) is 5.91 Å². The molecular weight excluding hydrogens is 498 g/mol. The second-order valence-corrected chi connectivity index (χ2v) is 9.80. The predicted molar refractivity (Wildman–Crippen MR) is 139 cm³/mol. The van der Waals surface area contributed by atoms with Gasteiger partial charge in [-0.2, -0.15) is 5.01 Å². The number of piperazine rings is 1. The number of carbonyl (C=O) groups excluding carboxylic acids is 4. The van der Waals surface area contributed by atoms with Crippen molar-refractivity contribution in [3.05, 3.63) is 95.1 Å². The lowest BCUT2D eigenvalue weighted by atomic mass is 9.98. The summed E-state index contributed by atoms with van der Waals surface area (Å²) in [5.74, 6) is -1.54. The van der Waals surface area contributed by atoms with Crippen LogP contribution in [0.15, 0.2) is 67.3 Å². The SMILES string of the molecule is O=C1CCN(N2C(=O)c3ccc(CN4CCN(C(c5ccncc5)c5ccncc5)CC4)cc3C2=O)C(=O)N1. The number of amides is 5. The minimum atomic E-state index is -0.768. The Morgan fingerprint density at radius 3 is 1.97 bits per heavy atom. The van der Waals surface area contributed by atoms with Gasteiger partial charge in [-0.1, -0.05) is 6.07 Å². The molecule has 2 saturated heterocycles. The van der Waals surface area contributed by atoms with Crippen LogP contribution < -0.4 is 5.32 Å². The first-order chi connectivity index (χ1) is 19.0. The summed E-state index contributed by atoms with van der Waals surface area (Å²) in [4.78, 5) is 63.0. The monoisotopic (exact) mass is 525 g/mol. The molecule has 1 N–H and O–H groups in total. The van der Waals surface area contributed by atoms with Crippen molar-refractivity contribution >= 4 is 23.8 Å². The zero-order chi connectivity index (χ0) is 26.9. The molecular formula is C28H27N7O4. The van der Waals surface area contributed by atoms with Crippen LogP contribution >= 0.6 is 0 Å². The number of nitrogens with one attached hydrogen (secondary N) is 1. The maximum absolute atomic E-state index is 13.1. The Hall–Kier alpha value is -4.48. The van der Waals surface area contributed by atoms with Crippen LogP contribution in [0, 0.1) is 0 Å². The largest absolute Gasteiger partial charge is 0.343 e. The second-order valence-electron chi connectivity index (χ2n) is 9.80. The van der Waals surface area contributed by atoms with E-state index < -0.39 is 23.8 Å². The van der Waals surface area contributed by atoms with Crippen molar-refractivity contribution in [3.8, 4) is 0 Å². The Kier molecular flexibility index (Phi) is 6.59. The lowest BCUT2D eigenvalue weighted by molar-refractivity contribution is -0.122. The average molecular weight is 526 g/mol. The standard InChI is InChI=1S/C28H27N7O4/c36-24-7-12-34(28(39)31-24)35-26(37)22-2-1-19(17-23(22)27(35)38)18-32-13-15-33(16-14-32)25(20-3-8-29-9-4-20)21-5-10-30-11-6-21/h1-6,8-11,17,25H,7,12-16,18H2,(H,31,36,39). The average Bonchev–Trinajstić information content (AvgIpc) is 3.20. The van der Waals surface area contributed by atoms with Crippen molar-refractivity contribution < 1.29 is 19.2 Å². The van der Waals surface area contributed by atoms with Gasteiger partial charge in [0.1, 0.15) is 0 Å². The third-order valence-electron chi connectivity index (χ3n) is 7.42. The molecule has 0 unspecified atom stereocenters. The molecule has 2 aromatic heterocycles. The number of aromatic nitrogens is 2. The van der Waals surface area contributed by atoms with E-state index in [9.17, 15) is 19.2 Å². The van der Waals surface area contributed by atoms with Crippen LogP contribution in [0.1, 0.15) is 49.9 Å². The first kappa shape index (κ1) is 24.8. The molecule has 0 atom stereocenters. The molecule has 3 aromatic rings. The topological polar surface area (TPSA) is 119 Å². The Morgan fingerprint density at radius 1 is 0.744 bits per heavy atom. The summed E-state index contributed by atoms with van der Waals surface area (Å²) in [6.45, 7) is 4.00. The predicted octanol–water partition coefficient (Wildman–Crippen LogP) is 1.84. The number of hydrogen-bond donors (Lipinski definition) is 1. The lowest BCUT2D eigenvalue weighted by Crippen LogP contribution is -2.58. The lowest BCUT2D eigenvalue weighted by Gasteiger charge is -2.39. The summed E-state index contributed by atoms with van der Waals surface area (Å²) < 4.78 is 0. The van der Waals surface area contributed by atoms with Gasteiger partial charge in [-0.3, -0.25) is 39.5 Å².